The number of carboxylic acid groups (broad SMARTS) is 1. The average molecular weight is 197 g/mol. The van der Waals surface area contributed by atoms with Crippen molar-refractivity contribution in [1.29, 1.82) is 0 Å². The van der Waals surface area contributed by atoms with E-state index in [9.17, 15) is 4.79 Å². The van der Waals surface area contributed by atoms with Crippen LogP contribution in [0.3, 0.4) is 0 Å². The molecule has 78 valence electrons. The maximum Gasteiger partial charge on any atom is 0.320 e. The summed E-state index contributed by atoms with van der Waals surface area (Å²) >= 11 is 0. The number of aliphatic carboxylic acids is 1. The van der Waals surface area contributed by atoms with Gasteiger partial charge in [-0.05, 0) is 13.8 Å². The van der Waals surface area contributed by atoms with Gasteiger partial charge in [-0.3, -0.25) is 10.1 Å². The van der Waals surface area contributed by atoms with Crippen molar-refractivity contribution < 1.29 is 9.90 Å². The number of hydrogen-bond donors (Lipinski definition) is 2. The van der Waals surface area contributed by atoms with Crippen LogP contribution >= 0.6 is 0 Å². The number of aryl methyl sites for hydroxylation is 1. The summed E-state index contributed by atoms with van der Waals surface area (Å²) in [5.41, 5.74) is 0. The van der Waals surface area contributed by atoms with Gasteiger partial charge in [0, 0.05) is 18.9 Å². The molecule has 0 saturated heterocycles. The number of hydrogen-bond acceptors (Lipinski definition) is 3. The van der Waals surface area contributed by atoms with Crippen LogP contribution in [0.25, 0.3) is 0 Å². The SMILES string of the molecule is CCn1ccnc1CN[C@H](C)C(=O)O. The van der Waals surface area contributed by atoms with Crippen LogP contribution in [0.1, 0.15) is 19.7 Å². The third kappa shape index (κ3) is 2.56. The Morgan fingerprint density at radius 2 is 2.50 bits per heavy atom. The molecule has 0 unspecified atom stereocenters. The van der Waals surface area contributed by atoms with Crippen molar-refractivity contribution in [3.63, 3.8) is 0 Å². The number of rotatable bonds is 5. The molecule has 0 radical (unpaired) electrons. The van der Waals surface area contributed by atoms with E-state index in [1.54, 1.807) is 13.1 Å². The zero-order chi connectivity index (χ0) is 10.6. The molecule has 0 aromatic carbocycles. The quantitative estimate of drug-likeness (QED) is 0.720. The molecule has 1 aromatic rings. The lowest BCUT2D eigenvalue weighted by Gasteiger charge is -2.09. The van der Waals surface area contributed by atoms with E-state index in [-0.39, 0.29) is 0 Å². The zero-order valence-electron chi connectivity index (χ0n) is 8.40. The van der Waals surface area contributed by atoms with Crippen LogP contribution in [0.5, 0.6) is 0 Å². The van der Waals surface area contributed by atoms with Gasteiger partial charge in [-0.2, -0.15) is 0 Å². The predicted octanol–water partition coefficient (Wildman–Crippen LogP) is 0.466. The second kappa shape index (κ2) is 4.76. The highest BCUT2D eigenvalue weighted by atomic mass is 16.4. The number of imidazole rings is 1. The molecule has 5 heteroatoms. The van der Waals surface area contributed by atoms with Crippen molar-refractivity contribution in [3.8, 4) is 0 Å². The lowest BCUT2D eigenvalue weighted by atomic mass is 10.3. The Morgan fingerprint density at radius 1 is 1.79 bits per heavy atom. The Labute approximate surface area is 82.8 Å². The molecule has 14 heavy (non-hydrogen) atoms. The molecule has 0 amide bonds. The van der Waals surface area contributed by atoms with Crippen LogP contribution in [-0.4, -0.2) is 26.7 Å². The number of aromatic nitrogens is 2. The largest absolute Gasteiger partial charge is 0.480 e. The summed E-state index contributed by atoms with van der Waals surface area (Å²) in [6.45, 7) is 4.96. The topological polar surface area (TPSA) is 67.2 Å². The van der Waals surface area contributed by atoms with Gasteiger partial charge in [-0.15, -0.1) is 0 Å². The number of nitrogens with one attached hydrogen (secondary N) is 1. The van der Waals surface area contributed by atoms with Crippen molar-refractivity contribution in [3.05, 3.63) is 18.2 Å². The van der Waals surface area contributed by atoms with Gasteiger partial charge in [-0.25, -0.2) is 4.98 Å². The molecule has 1 rings (SSSR count). The maximum atomic E-state index is 10.5. The van der Waals surface area contributed by atoms with E-state index in [0.29, 0.717) is 6.54 Å². The molecule has 0 fully saturated rings. The second-order valence-corrected chi connectivity index (χ2v) is 3.07. The number of carboxylic acids is 1. The molecule has 0 aliphatic rings. The highest BCUT2D eigenvalue weighted by Gasteiger charge is 2.10. The first-order chi connectivity index (χ1) is 6.65. The molecule has 2 N–H and O–H groups in total. The van der Waals surface area contributed by atoms with E-state index >= 15 is 0 Å². The minimum atomic E-state index is -0.848. The van der Waals surface area contributed by atoms with Gasteiger partial charge in [0.2, 0.25) is 0 Å². The average Bonchev–Trinajstić information content (AvgIpc) is 2.60. The fraction of sp³-hybridized carbons (Fsp3) is 0.556. The molecule has 0 aliphatic heterocycles. The molecular formula is C9H15N3O2. The van der Waals surface area contributed by atoms with E-state index in [1.807, 2.05) is 17.7 Å². The van der Waals surface area contributed by atoms with Crippen LogP contribution in [-0.2, 0) is 17.9 Å². The standard InChI is InChI=1S/C9H15N3O2/c1-3-12-5-4-10-8(12)6-11-7(2)9(13)14/h4-5,7,11H,3,6H2,1-2H3,(H,13,14)/t7-/m1/s1. The zero-order valence-corrected chi connectivity index (χ0v) is 8.40. The van der Waals surface area contributed by atoms with Gasteiger partial charge in [0.25, 0.3) is 0 Å². The molecule has 0 saturated carbocycles. The van der Waals surface area contributed by atoms with Crippen LogP contribution in [0, 0.1) is 0 Å². The summed E-state index contributed by atoms with van der Waals surface area (Å²) in [7, 11) is 0. The van der Waals surface area contributed by atoms with E-state index in [4.69, 9.17) is 5.11 Å². The van der Waals surface area contributed by atoms with Crippen LogP contribution in [0.15, 0.2) is 12.4 Å². The highest BCUT2D eigenvalue weighted by molar-refractivity contribution is 5.72. The minimum Gasteiger partial charge on any atom is -0.480 e. The van der Waals surface area contributed by atoms with Crippen LogP contribution < -0.4 is 5.32 Å². The van der Waals surface area contributed by atoms with Crippen molar-refractivity contribution >= 4 is 5.97 Å². The first kappa shape index (κ1) is 10.7. The van der Waals surface area contributed by atoms with Crippen molar-refractivity contribution in [2.75, 3.05) is 0 Å². The predicted molar refractivity (Wildman–Crippen MR) is 51.8 cm³/mol. The Morgan fingerprint density at radius 3 is 3.07 bits per heavy atom. The van der Waals surface area contributed by atoms with Crippen LogP contribution in [0.4, 0.5) is 0 Å². The van der Waals surface area contributed by atoms with Crippen molar-refractivity contribution in [2.45, 2.75) is 33.0 Å². The molecule has 0 spiro atoms. The Hall–Kier alpha value is -1.36. The van der Waals surface area contributed by atoms with Gasteiger partial charge < -0.3 is 9.67 Å². The van der Waals surface area contributed by atoms with E-state index < -0.39 is 12.0 Å². The molecular weight excluding hydrogens is 182 g/mol. The molecule has 1 aromatic heterocycles. The molecule has 1 heterocycles. The van der Waals surface area contributed by atoms with Gasteiger partial charge in [-0.1, -0.05) is 0 Å². The lowest BCUT2D eigenvalue weighted by Crippen LogP contribution is -2.33. The summed E-state index contributed by atoms with van der Waals surface area (Å²) in [6.07, 6.45) is 3.59. The molecule has 5 nitrogen and oxygen atoms in total. The molecule has 1 atom stereocenters. The van der Waals surface area contributed by atoms with Crippen molar-refractivity contribution in [2.24, 2.45) is 0 Å². The van der Waals surface area contributed by atoms with Crippen LogP contribution in [0.2, 0.25) is 0 Å². The fourth-order valence-corrected chi connectivity index (χ4v) is 1.13. The monoisotopic (exact) mass is 197 g/mol. The second-order valence-electron chi connectivity index (χ2n) is 3.07. The summed E-state index contributed by atoms with van der Waals surface area (Å²) in [4.78, 5) is 14.6. The first-order valence-corrected chi connectivity index (χ1v) is 4.61. The third-order valence-electron chi connectivity index (χ3n) is 2.08. The van der Waals surface area contributed by atoms with Gasteiger partial charge in [0.1, 0.15) is 11.9 Å². The normalized spacial score (nSPS) is 12.7. The Bertz CT molecular complexity index is 309. The molecule has 0 aliphatic carbocycles. The Kier molecular flexibility index (Phi) is 3.64. The summed E-state index contributed by atoms with van der Waals surface area (Å²) in [5, 5.41) is 11.5. The van der Waals surface area contributed by atoms with Gasteiger partial charge in [0.05, 0.1) is 6.54 Å². The molecule has 0 bridgehead atoms. The van der Waals surface area contributed by atoms with E-state index in [2.05, 4.69) is 10.3 Å². The maximum absolute atomic E-state index is 10.5. The summed E-state index contributed by atoms with van der Waals surface area (Å²) < 4.78 is 1.97. The Balaban J connectivity index is 2.49. The number of carbonyl (C=O) groups is 1. The minimum absolute atomic E-state index is 0.480. The van der Waals surface area contributed by atoms with Crippen molar-refractivity contribution in [1.82, 2.24) is 14.9 Å². The highest BCUT2D eigenvalue weighted by Crippen LogP contribution is 1.97. The van der Waals surface area contributed by atoms with Gasteiger partial charge >= 0.3 is 5.97 Å². The fourth-order valence-electron chi connectivity index (χ4n) is 1.13. The number of nitrogens with zero attached hydrogens (tertiary/aromatic N) is 2. The van der Waals surface area contributed by atoms with E-state index in [1.165, 1.54) is 0 Å². The third-order valence-corrected chi connectivity index (χ3v) is 2.08. The summed E-state index contributed by atoms with van der Waals surface area (Å²) in [5.74, 6) is 0.0141. The van der Waals surface area contributed by atoms with E-state index in [0.717, 1.165) is 12.4 Å². The smallest absolute Gasteiger partial charge is 0.320 e. The first-order valence-electron chi connectivity index (χ1n) is 4.61. The van der Waals surface area contributed by atoms with Gasteiger partial charge in [0.15, 0.2) is 0 Å². The lowest BCUT2D eigenvalue weighted by molar-refractivity contribution is -0.139. The summed E-state index contributed by atoms with van der Waals surface area (Å²) in [6, 6.07) is -0.544.